The van der Waals surface area contributed by atoms with Crippen molar-refractivity contribution in [2.75, 3.05) is 0 Å². The molecule has 2 rings (SSSR count). The van der Waals surface area contributed by atoms with Crippen molar-refractivity contribution in [3.05, 3.63) is 46.0 Å². The van der Waals surface area contributed by atoms with Crippen LogP contribution in [0.5, 0.6) is 0 Å². The van der Waals surface area contributed by atoms with Crippen molar-refractivity contribution >= 4 is 11.3 Å². The summed E-state index contributed by atoms with van der Waals surface area (Å²) in [4.78, 5) is 10.3. The van der Waals surface area contributed by atoms with Crippen molar-refractivity contribution in [1.82, 2.24) is 0 Å². The van der Waals surface area contributed by atoms with Gasteiger partial charge in [0.15, 0.2) is 0 Å². The smallest absolute Gasteiger partial charge is 0.258 e. The second-order valence-corrected chi connectivity index (χ2v) is 3.16. The van der Waals surface area contributed by atoms with Crippen molar-refractivity contribution in [2.45, 2.75) is 12.8 Å². The van der Waals surface area contributed by atoms with E-state index in [1.807, 2.05) is 6.07 Å². The van der Waals surface area contributed by atoms with Gasteiger partial charge in [0.05, 0.1) is 4.92 Å². The average molecular weight is 175 g/mol. The highest BCUT2D eigenvalue weighted by atomic mass is 16.6. The molecule has 1 aromatic rings. The minimum atomic E-state index is -0.322. The molecule has 1 aromatic carbocycles. The first-order chi connectivity index (χ1) is 6.20. The lowest BCUT2D eigenvalue weighted by molar-refractivity contribution is -0.385. The van der Waals surface area contributed by atoms with Crippen molar-refractivity contribution in [3.8, 4) is 0 Å². The number of hydrogen-bond acceptors (Lipinski definition) is 2. The minimum Gasteiger partial charge on any atom is -0.258 e. The third-order valence-corrected chi connectivity index (χ3v) is 2.41. The Kier molecular flexibility index (Phi) is 1.65. The van der Waals surface area contributed by atoms with Crippen LogP contribution >= 0.6 is 0 Å². The largest absolute Gasteiger partial charge is 0.273 e. The van der Waals surface area contributed by atoms with Gasteiger partial charge in [-0.15, -0.1) is 0 Å². The SMILES string of the molecule is C=C1CCc2c1cccc2[N+](=O)[O-]. The van der Waals surface area contributed by atoms with Crippen LogP contribution in [0.2, 0.25) is 0 Å². The van der Waals surface area contributed by atoms with Crippen LogP contribution in [0.3, 0.4) is 0 Å². The number of nitro groups is 1. The Labute approximate surface area is 75.8 Å². The average Bonchev–Trinajstić information content (AvgIpc) is 2.48. The molecule has 66 valence electrons. The van der Waals surface area contributed by atoms with Crippen LogP contribution in [0.15, 0.2) is 24.8 Å². The van der Waals surface area contributed by atoms with Gasteiger partial charge in [0.25, 0.3) is 5.69 Å². The van der Waals surface area contributed by atoms with Crippen LogP contribution in [-0.4, -0.2) is 4.92 Å². The zero-order chi connectivity index (χ0) is 9.42. The van der Waals surface area contributed by atoms with Crippen molar-refractivity contribution < 1.29 is 4.92 Å². The fourth-order valence-electron chi connectivity index (χ4n) is 1.75. The van der Waals surface area contributed by atoms with E-state index in [1.165, 1.54) is 0 Å². The Morgan fingerprint density at radius 2 is 2.15 bits per heavy atom. The highest BCUT2D eigenvalue weighted by Crippen LogP contribution is 2.36. The van der Waals surface area contributed by atoms with Gasteiger partial charge in [-0.05, 0) is 24.0 Å². The van der Waals surface area contributed by atoms with E-state index in [0.717, 1.165) is 29.5 Å². The van der Waals surface area contributed by atoms with E-state index in [2.05, 4.69) is 6.58 Å². The van der Waals surface area contributed by atoms with Gasteiger partial charge >= 0.3 is 0 Å². The molecular formula is C10H9NO2. The molecule has 3 nitrogen and oxygen atoms in total. The normalized spacial score (nSPS) is 14.3. The summed E-state index contributed by atoms with van der Waals surface area (Å²) < 4.78 is 0. The Morgan fingerprint density at radius 3 is 2.85 bits per heavy atom. The number of rotatable bonds is 1. The monoisotopic (exact) mass is 175 g/mol. The maximum atomic E-state index is 10.6. The van der Waals surface area contributed by atoms with Crippen LogP contribution < -0.4 is 0 Å². The standard InChI is InChI=1S/C10H9NO2/c1-7-5-6-9-8(7)3-2-4-10(9)11(12)13/h2-4H,1,5-6H2. The summed E-state index contributed by atoms with van der Waals surface area (Å²) in [7, 11) is 0. The first kappa shape index (κ1) is 7.98. The molecule has 0 saturated heterocycles. The minimum absolute atomic E-state index is 0.233. The van der Waals surface area contributed by atoms with Crippen molar-refractivity contribution in [1.29, 1.82) is 0 Å². The van der Waals surface area contributed by atoms with Crippen molar-refractivity contribution in [2.24, 2.45) is 0 Å². The fraction of sp³-hybridized carbons (Fsp3) is 0.200. The Morgan fingerprint density at radius 1 is 1.38 bits per heavy atom. The van der Waals surface area contributed by atoms with Crippen LogP contribution in [-0.2, 0) is 6.42 Å². The molecule has 0 atom stereocenters. The molecule has 0 fully saturated rings. The first-order valence-electron chi connectivity index (χ1n) is 4.14. The molecule has 0 unspecified atom stereocenters. The van der Waals surface area contributed by atoms with Gasteiger partial charge in [0, 0.05) is 11.6 Å². The molecule has 3 heteroatoms. The molecule has 0 saturated carbocycles. The number of nitrogens with zero attached hydrogens (tertiary/aromatic N) is 1. The lowest BCUT2D eigenvalue weighted by Crippen LogP contribution is -1.93. The Hall–Kier alpha value is -1.64. The number of allylic oxidation sites excluding steroid dienone is 1. The highest BCUT2D eigenvalue weighted by Gasteiger charge is 2.23. The lowest BCUT2D eigenvalue weighted by Gasteiger charge is -1.99. The Bertz CT molecular complexity index is 396. The zero-order valence-electron chi connectivity index (χ0n) is 7.12. The third kappa shape index (κ3) is 1.13. The van der Waals surface area contributed by atoms with Gasteiger partial charge in [-0.1, -0.05) is 18.7 Å². The van der Waals surface area contributed by atoms with E-state index in [1.54, 1.807) is 12.1 Å². The van der Waals surface area contributed by atoms with E-state index in [-0.39, 0.29) is 10.6 Å². The summed E-state index contributed by atoms with van der Waals surface area (Å²) in [5.74, 6) is 0. The predicted molar refractivity (Wildman–Crippen MR) is 50.5 cm³/mol. The van der Waals surface area contributed by atoms with Crippen LogP contribution in [0.1, 0.15) is 17.5 Å². The van der Waals surface area contributed by atoms with Crippen molar-refractivity contribution in [3.63, 3.8) is 0 Å². The molecule has 0 aromatic heterocycles. The lowest BCUT2D eigenvalue weighted by atomic mass is 10.1. The van der Waals surface area contributed by atoms with E-state index in [0.29, 0.717) is 0 Å². The quantitative estimate of drug-likeness (QED) is 0.486. The summed E-state index contributed by atoms with van der Waals surface area (Å²) >= 11 is 0. The molecule has 0 radical (unpaired) electrons. The molecule has 0 aliphatic heterocycles. The van der Waals surface area contributed by atoms with Gasteiger partial charge in [-0.25, -0.2) is 0 Å². The van der Waals surface area contributed by atoms with Gasteiger partial charge < -0.3 is 0 Å². The van der Waals surface area contributed by atoms with E-state index in [9.17, 15) is 10.1 Å². The summed E-state index contributed by atoms with van der Waals surface area (Å²) in [5.41, 5.74) is 3.06. The third-order valence-electron chi connectivity index (χ3n) is 2.41. The first-order valence-corrected chi connectivity index (χ1v) is 4.14. The molecule has 13 heavy (non-hydrogen) atoms. The van der Waals surface area contributed by atoms with E-state index < -0.39 is 0 Å². The number of nitro benzene ring substituents is 1. The molecular weight excluding hydrogens is 166 g/mol. The zero-order valence-corrected chi connectivity index (χ0v) is 7.12. The second-order valence-electron chi connectivity index (χ2n) is 3.16. The van der Waals surface area contributed by atoms with E-state index in [4.69, 9.17) is 0 Å². The van der Waals surface area contributed by atoms with Gasteiger partial charge in [0.2, 0.25) is 0 Å². The van der Waals surface area contributed by atoms with E-state index >= 15 is 0 Å². The summed E-state index contributed by atoms with van der Waals surface area (Å²) in [5, 5.41) is 10.6. The molecule has 1 aliphatic rings. The fourth-order valence-corrected chi connectivity index (χ4v) is 1.75. The van der Waals surface area contributed by atoms with Crippen LogP contribution in [0.25, 0.3) is 5.57 Å². The molecule has 0 heterocycles. The van der Waals surface area contributed by atoms with Gasteiger partial charge in [-0.2, -0.15) is 0 Å². The summed E-state index contributed by atoms with van der Waals surface area (Å²) in [6, 6.07) is 5.17. The molecule has 0 bridgehead atoms. The molecule has 0 N–H and O–H groups in total. The molecule has 0 spiro atoms. The predicted octanol–water partition coefficient (Wildman–Crippen LogP) is 2.55. The maximum absolute atomic E-state index is 10.6. The number of fused-ring (bicyclic) bond motifs is 1. The van der Waals surface area contributed by atoms with Gasteiger partial charge in [0.1, 0.15) is 0 Å². The maximum Gasteiger partial charge on any atom is 0.273 e. The summed E-state index contributed by atoms with van der Waals surface area (Å²) in [6.07, 6.45) is 1.60. The highest BCUT2D eigenvalue weighted by molar-refractivity contribution is 5.74. The van der Waals surface area contributed by atoms with Crippen LogP contribution in [0, 0.1) is 10.1 Å². The van der Waals surface area contributed by atoms with Crippen LogP contribution in [0.4, 0.5) is 5.69 Å². The number of benzene rings is 1. The molecule has 0 amide bonds. The molecule has 1 aliphatic carbocycles. The Balaban J connectivity index is 2.63. The van der Waals surface area contributed by atoms with Gasteiger partial charge in [-0.3, -0.25) is 10.1 Å². The second kappa shape index (κ2) is 2.69. The number of hydrogen-bond donors (Lipinski definition) is 0. The summed E-state index contributed by atoms with van der Waals surface area (Å²) in [6.45, 7) is 3.87. The topological polar surface area (TPSA) is 43.1 Å².